The van der Waals surface area contributed by atoms with Crippen molar-refractivity contribution < 1.29 is 4.74 Å². The summed E-state index contributed by atoms with van der Waals surface area (Å²) >= 11 is 6.03. The van der Waals surface area contributed by atoms with Crippen LogP contribution in [0.3, 0.4) is 0 Å². The van der Waals surface area contributed by atoms with Crippen molar-refractivity contribution in [2.24, 2.45) is 0 Å². The van der Waals surface area contributed by atoms with Crippen molar-refractivity contribution in [3.63, 3.8) is 0 Å². The minimum absolute atomic E-state index is 0.279. The van der Waals surface area contributed by atoms with Crippen molar-refractivity contribution in [2.75, 3.05) is 0 Å². The van der Waals surface area contributed by atoms with E-state index in [1.807, 2.05) is 61.5 Å². The van der Waals surface area contributed by atoms with Gasteiger partial charge in [0.05, 0.1) is 6.10 Å². The molecule has 0 atom stereocenters. The first-order chi connectivity index (χ1) is 12.7. The Labute approximate surface area is 158 Å². The van der Waals surface area contributed by atoms with Gasteiger partial charge in [-0.05, 0) is 69.0 Å². The molecular weight excluding hydrogens is 346 g/mol. The van der Waals surface area contributed by atoms with Crippen LogP contribution in [0.25, 0.3) is 5.69 Å². The molecule has 4 nitrogen and oxygen atoms in total. The third kappa shape index (κ3) is 3.61. The highest BCUT2D eigenvalue weighted by Gasteiger charge is 2.28. The molecule has 0 radical (unpaired) electrons. The van der Waals surface area contributed by atoms with Crippen molar-refractivity contribution in [3.05, 3.63) is 71.3 Å². The Kier molecular flexibility index (Phi) is 4.93. The Bertz CT molecular complexity index is 853. The Balaban J connectivity index is 1.47. The number of para-hydroxylation sites is 1. The maximum Gasteiger partial charge on any atom is 0.140 e. The first-order valence-electron chi connectivity index (χ1n) is 9.10. The summed E-state index contributed by atoms with van der Waals surface area (Å²) in [5, 5.41) is 9.55. The second-order valence-electron chi connectivity index (χ2n) is 6.82. The van der Waals surface area contributed by atoms with Crippen LogP contribution < -0.4 is 4.74 Å². The van der Waals surface area contributed by atoms with Crippen LogP contribution in [0, 0.1) is 6.92 Å². The van der Waals surface area contributed by atoms with Crippen molar-refractivity contribution in [1.29, 1.82) is 0 Å². The fourth-order valence-corrected chi connectivity index (χ4v) is 3.81. The Morgan fingerprint density at radius 3 is 2.31 bits per heavy atom. The zero-order chi connectivity index (χ0) is 17.9. The number of halogens is 1. The second-order valence-corrected chi connectivity index (χ2v) is 7.26. The lowest BCUT2D eigenvalue weighted by atomic mass is 9.86. The molecule has 0 saturated heterocycles. The molecule has 1 aromatic heterocycles. The summed E-state index contributed by atoms with van der Waals surface area (Å²) in [7, 11) is 0. The lowest BCUT2D eigenvalue weighted by molar-refractivity contribution is 0.144. The standard InChI is InChI=1S/C21H22ClN3O/c1-15-23-24-21(25(15)18-11-9-17(22)10-12-18)16-7-13-20(14-8-16)26-19-5-3-2-4-6-19/h2-6,9-12,16,20H,7-8,13-14H2,1H3. The minimum atomic E-state index is 0.279. The fraction of sp³-hybridized carbons (Fsp3) is 0.333. The van der Waals surface area contributed by atoms with E-state index in [2.05, 4.69) is 14.8 Å². The number of benzene rings is 2. The Hall–Kier alpha value is -2.33. The predicted molar refractivity (Wildman–Crippen MR) is 103 cm³/mol. The molecule has 0 bridgehead atoms. The van der Waals surface area contributed by atoms with Crippen molar-refractivity contribution >= 4 is 11.6 Å². The highest BCUT2D eigenvalue weighted by Crippen LogP contribution is 2.35. The molecule has 0 aliphatic heterocycles. The number of ether oxygens (including phenoxy) is 1. The molecule has 0 N–H and O–H groups in total. The lowest BCUT2D eigenvalue weighted by Gasteiger charge is -2.28. The average molecular weight is 368 g/mol. The van der Waals surface area contributed by atoms with Crippen molar-refractivity contribution in [1.82, 2.24) is 14.8 Å². The van der Waals surface area contributed by atoms with E-state index in [0.717, 1.165) is 53.8 Å². The number of nitrogens with zero attached hydrogens (tertiary/aromatic N) is 3. The average Bonchev–Trinajstić information content (AvgIpc) is 3.05. The van der Waals surface area contributed by atoms with E-state index in [0.29, 0.717) is 5.92 Å². The van der Waals surface area contributed by atoms with Gasteiger partial charge in [-0.3, -0.25) is 4.57 Å². The third-order valence-corrected chi connectivity index (χ3v) is 5.27. The van der Waals surface area contributed by atoms with Gasteiger partial charge in [-0.1, -0.05) is 29.8 Å². The SMILES string of the molecule is Cc1nnc(C2CCC(Oc3ccccc3)CC2)n1-c1ccc(Cl)cc1. The van der Waals surface area contributed by atoms with Crippen LogP contribution in [-0.4, -0.2) is 20.9 Å². The van der Waals surface area contributed by atoms with Gasteiger partial charge < -0.3 is 4.74 Å². The van der Waals surface area contributed by atoms with Crippen LogP contribution in [0.4, 0.5) is 0 Å². The number of rotatable bonds is 4. The number of aryl methyl sites for hydroxylation is 1. The van der Waals surface area contributed by atoms with E-state index < -0.39 is 0 Å². The van der Waals surface area contributed by atoms with Gasteiger partial charge in [0.2, 0.25) is 0 Å². The molecule has 3 aromatic rings. The highest BCUT2D eigenvalue weighted by molar-refractivity contribution is 6.30. The third-order valence-electron chi connectivity index (χ3n) is 5.02. The molecule has 134 valence electrons. The zero-order valence-corrected chi connectivity index (χ0v) is 15.6. The maximum absolute atomic E-state index is 6.12. The van der Waals surface area contributed by atoms with E-state index in [-0.39, 0.29) is 6.10 Å². The summed E-state index contributed by atoms with van der Waals surface area (Å²) in [5.74, 6) is 3.31. The van der Waals surface area contributed by atoms with Gasteiger partial charge in [0.25, 0.3) is 0 Å². The molecule has 0 spiro atoms. The maximum atomic E-state index is 6.12. The number of hydrogen-bond donors (Lipinski definition) is 0. The molecule has 26 heavy (non-hydrogen) atoms. The molecule has 1 saturated carbocycles. The van der Waals surface area contributed by atoms with Gasteiger partial charge >= 0.3 is 0 Å². The lowest BCUT2D eigenvalue weighted by Crippen LogP contribution is -2.24. The second kappa shape index (κ2) is 7.50. The van der Waals surface area contributed by atoms with Gasteiger partial charge in [-0.15, -0.1) is 10.2 Å². The summed E-state index contributed by atoms with van der Waals surface area (Å²) in [6.45, 7) is 2.00. The van der Waals surface area contributed by atoms with Gasteiger partial charge in [0, 0.05) is 16.6 Å². The largest absolute Gasteiger partial charge is 0.490 e. The first-order valence-corrected chi connectivity index (χ1v) is 9.48. The van der Waals surface area contributed by atoms with E-state index in [4.69, 9.17) is 16.3 Å². The molecule has 1 heterocycles. The molecular formula is C21H22ClN3O. The quantitative estimate of drug-likeness (QED) is 0.625. The normalized spacial score (nSPS) is 20.1. The van der Waals surface area contributed by atoms with Gasteiger partial charge in [-0.2, -0.15) is 0 Å². The van der Waals surface area contributed by atoms with Crippen molar-refractivity contribution in [2.45, 2.75) is 44.6 Å². The molecule has 0 amide bonds. The monoisotopic (exact) mass is 367 g/mol. The van der Waals surface area contributed by atoms with E-state index in [9.17, 15) is 0 Å². The van der Waals surface area contributed by atoms with Crippen LogP contribution in [0.2, 0.25) is 5.02 Å². The molecule has 1 aliphatic carbocycles. The molecule has 1 aliphatic rings. The summed E-state index contributed by atoms with van der Waals surface area (Å²) in [4.78, 5) is 0. The van der Waals surface area contributed by atoms with E-state index in [1.54, 1.807) is 0 Å². The van der Waals surface area contributed by atoms with Crippen molar-refractivity contribution in [3.8, 4) is 11.4 Å². The van der Waals surface area contributed by atoms with E-state index in [1.165, 1.54) is 0 Å². The Morgan fingerprint density at radius 1 is 0.923 bits per heavy atom. The number of hydrogen-bond acceptors (Lipinski definition) is 3. The topological polar surface area (TPSA) is 39.9 Å². The molecule has 2 aromatic carbocycles. The van der Waals surface area contributed by atoms with E-state index >= 15 is 0 Å². The van der Waals surface area contributed by atoms with Gasteiger partial charge in [-0.25, -0.2) is 0 Å². The summed E-state index contributed by atoms with van der Waals surface area (Å²) in [6, 6.07) is 17.9. The van der Waals surface area contributed by atoms with Gasteiger partial charge in [0.15, 0.2) is 0 Å². The molecule has 4 rings (SSSR count). The molecule has 5 heteroatoms. The van der Waals surface area contributed by atoms with Crippen LogP contribution in [0.5, 0.6) is 5.75 Å². The van der Waals surface area contributed by atoms with Gasteiger partial charge in [0.1, 0.15) is 17.4 Å². The smallest absolute Gasteiger partial charge is 0.140 e. The summed E-state index contributed by atoms with van der Waals surface area (Å²) in [6.07, 6.45) is 4.46. The number of aromatic nitrogens is 3. The summed E-state index contributed by atoms with van der Waals surface area (Å²) in [5.41, 5.74) is 1.06. The minimum Gasteiger partial charge on any atom is -0.490 e. The first kappa shape index (κ1) is 17.1. The predicted octanol–water partition coefficient (Wildman–Crippen LogP) is 5.33. The fourth-order valence-electron chi connectivity index (χ4n) is 3.68. The van der Waals surface area contributed by atoms with Crippen LogP contribution >= 0.6 is 11.6 Å². The molecule has 0 unspecified atom stereocenters. The zero-order valence-electron chi connectivity index (χ0n) is 14.8. The van der Waals surface area contributed by atoms with Crippen LogP contribution in [-0.2, 0) is 0 Å². The van der Waals surface area contributed by atoms with Crippen LogP contribution in [0.15, 0.2) is 54.6 Å². The molecule has 1 fully saturated rings. The summed E-state index contributed by atoms with van der Waals surface area (Å²) < 4.78 is 8.27. The Morgan fingerprint density at radius 2 is 1.62 bits per heavy atom. The van der Waals surface area contributed by atoms with Crippen LogP contribution in [0.1, 0.15) is 43.3 Å². The highest BCUT2D eigenvalue weighted by atomic mass is 35.5.